The Labute approximate surface area is 213 Å². The second-order valence-corrected chi connectivity index (χ2v) is 9.74. The Morgan fingerprint density at radius 3 is 2.23 bits per heavy atom. The third kappa shape index (κ3) is 5.19. The summed E-state index contributed by atoms with van der Waals surface area (Å²) in [5, 5.41) is 3.36. The van der Waals surface area contributed by atoms with Crippen LogP contribution in [-0.2, 0) is 15.8 Å². The number of anilines is 2. The molecule has 0 radical (unpaired) electrons. The summed E-state index contributed by atoms with van der Waals surface area (Å²) in [6.45, 7) is 3.70. The molecule has 1 aliphatic heterocycles. The lowest BCUT2D eigenvalue weighted by Gasteiger charge is -2.19. The van der Waals surface area contributed by atoms with E-state index in [2.05, 4.69) is 5.32 Å². The quantitative estimate of drug-likeness (QED) is 0.340. The van der Waals surface area contributed by atoms with Crippen LogP contribution in [0.25, 0.3) is 0 Å². The van der Waals surface area contributed by atoms with Crippen LogP contribution in [0.5, 0.6) is 0 Å². The van der Waals surface area contributed by atoms with Gasteiger partial charge >= 0.3 is 6.18 Å². The van der Waals surface area contributed by atoms with Crippen LogP contribution in [0.15, 0.2) is 76.2 Å². The molecule has 0 bridgehead atoms. The summed E-state index contributed by atoms with van der Waals surface area (Å²) in [5.74, 6) is -1.60. The lowest BCUT2D eigenvalue weighted by molar-refractivity contribution is -0.137. The SMILES string of the molecule is Cc1ccc(C)c(NC2=C(Sc3ccc(Cl)cc3)C(=O)N(c3cc(C(F)(F)F)ccc3Cl)C2=O)c1. The first-order valence-corrected chi connectivity index (χ1v) is 11.8. The highest BCUT2D eigenvalue weighted by Crippen LogP contribution is 2.42. The van der Waals surface area contributed by atoms with Crippen molar-refractivity contribution in [2.24, 2.45) is 0 Å². The number of alkyl halides is 3. The Hall–Kier alpha value is -2.94. The molecule has 180 valence electrons. The Morgan fingerprint density at radius 2 is 1.57 bits per heavy atom. The summed E-state index contributed by atoms with van der Waals surface area (Å²) >= 11 is 13.1. The number of rotatable bonds is 5. The number of hydrogen-bond acceptors (Lipinski definition) is 4. The zero-order valence-corrected chi connectivity index (χ0v) is 20.7. The maximum atomic E-state index is 13.5. The molecule has 0 aliphatic carbocycles. The molecular formula is C25H17Cl2F3N2O2S. The molecule has 0 unspecified atom stereocenters. The number of nitrogens with zero attached hydrogens (tertiary/aromatic N) is 1. The van der Waals surface area contributed by atoms with Crippen molar-refractivity contribution in [2.45, 2.75) is 24.9 Å². The molecule has 35 heavy (non-hydrogen) atoms. The fourth-order valence-corrected chi connectivity index (χ4v) is 4.67. The van der Waals surface area contributed by atoms with Gasteiger partial charge in [-0.2, -0.15) is 13.2 Å². The van der Waals surface area contributed by atoms with Crippen LogP contribution < -0.4 is 10.2 Å². The number of nitrogens with one attached hydrogen (secondary N) is 1. The molecular weight excluding hydrogens is 520 g/mol. The van der Waals surface area contributed by atoms with E-state index >= 15 is 0 Å². The molecule has 10 heteroatoms. The van der Waals surface area contributed by atoms with Gasteiger partial charge in [-0.25, -0.2) is 4.90 Å². The number of carbonyl (C=O) groups is 2. The van der Waals surface area contributed by atoms with E-state index in [4.69, 9.17) is 23.2 Å². The standard InChI is InChI=1S/C25H17Cl2F3N2O2S/c1-13-3-4-14(2)19(11-13)31-21-22(35-17-8-6-16(26)7-9-17)24(34)32(23(21)33)20-12-15(25(28,29)30)5-10-18(20)27/h3-12,31H,1-2H3. The molecule has 1 aliphatic rings. The van der Waals surface area contributed by atoms with Crippen molar-refractivity contribution in [3.8, 4) is 0 Å². The molecule has 0 spiro atoms. The average molecular weight is 537 g/mol. The molecule has 0 saturated heterocycles. The van der Waals surface area contributed by atoms with Crippen molar-refractivity contribution < 1.29 is 22.8 Å². The van der Waals surface area contributed by atoms with E-state index in [0.29, 0.717) is 26.6 Å². The topological polar surface area (TPSA) is 49.4 Å². The van der Waals surface area contributed by atoms with Crippen molar-refractivity contribution in [3.05, 3.63) is 98.0 Å². The summed E-state index contributed by atoms with van der Waals surface area (Å²) in [4.78, 5) is 28.3. The molecule has 0 saturated carbocycles. The minimum Gasteiger partial charge on any atom is -0.350 e. The number of halogens is 5. The van der Waals surface area contributed by atoms with Gasteiger partial charge in [-0.3, -0.25) is 9.59 Å². The maximum absolute atomic E-state index is 13.5. The molecule has 1 N–H and O–H groups in total. The summed E-state index contributed by atoms with van der Waals surface area (Å²) in [6.07, 6.45) is -4.68. The van der Waals surface area contributed by atoms with E-state index in [1.807, 2.05) is 32.0 Å². The van der Waals surface area contributed by atoms with Crippen LogP contribution in [0.3, 0.4) is 0 Å². The zero-order valence-electron chi connectivity index (χ0n) is 18.3. The van der Waals surface area contributed by atoms with E-state index in [-0.39, 0.29) is 21.3 Å². The number of benzene rings is 3. The molecule has 3 aromatic carbocycles. The minimum absolute atomic E-state index is 0.0201. The molecule has 1 heterocycles. The Bertz CT molecular complexity index is 1370. The predicted molar refractivity (Wildman–Crippen MR) is 133 cm³/mol. The number of imide groups is 1. The molecule has 0 fully saturated rings. The third-order valence-electron chi connectivity index (χ3n) is 5.24. The van der Waals surface area contributed by atoms with E-state index < -0.39 is 23.6 Å². The predicted octanol–water partition coefficient (Wildman–Crippen LogP) is 7.62. The van der Waals surface area contributed by atoms with Gasteiger partial charge in [0, 0.05) is 15.6 Å². The van der Waals surface area contributed by atoms with Crippen LogP contribution in [-0.4, -0.2) is 11.8 Å². The number of carbonyl (C=O) groups excluding carboxylic acids is 2. The second-order valence-electron chi connectivity index (χ2n) is 7.81. The van der Waals surface area contributed by atoms with Crippen molar-refractivity contribution in [3.63, 3.8) is 0 Å². The molecule has 2 amide bonds. The summed E-state index contributed by atoms with van der Waals surface area (Å²) in [5.41, 5.74) is 0.892. The van der Waals surface area contributed by atoms with Gasteiger partial charge in [-0.15, -0.1) is 0 Å². The first-order chi connectivity index (χ1) is 16.5. The lowest BCUT2D eigenvalue weighted by atomic mass is 10.1. The Morgan fingerprint density at radius 1 is 0.886 bits per heavy atom. The fraction of sp³-hybridized carbons (Fsp3) is 0.120. The van der Waals surface area contributed by atoms with Crippen molar-refractivity contribution >= 4 is 58.2 Å². The van der Waals surface area contributed by atoms with Gasteiger partial charge in [-0.05, 0) is 73.5 Å². The molecule has 4 nitrogen and oxygen atoms in total. The highest BCUT2D eigenvalue weighted by molar-refractivity contribution is 8.04. The van der Waals surface area contributed by atoms with Crippen LogP contribution in [0.1, 0.15) is 16.7 Å². The Kier molecular flexibility index (Phi) is 6.90. The monoisotopic (exact) mass is 536 g/mol. The number of hydrogen-bond donors (Lipinski definition) is 1. The third-order valence-corrected chi connectivity index (χ3v) is 6.90. The molecule has 4 rings (SSSR count). The van der Waals surface area contributed by atoms with Gasteiger partial charge in [0.15, 0.2) is 0 Å². The van der Waals surface area contributed by atoms with Gasteiger partial charge in [0.05, 0.1) is 16.3 Å². The summed E-state index contributed by atoms with van der Waals surface area (Å²) < 4.78 is 40.1. The zero-order chi connectivity index (χ0) is 25.5. The molecule has 0 atom stereocenters. The first-order valence-electron chi connectivity index (χ1n) is 10.2. The second kappa shape index (κ2) is 9.60. The number of aryl methyl sites for hydroxylation is 2. The van der Waals surface area contributed by atoms with Gasteiger partial charge in [0.25, 0.3) is 11.8 Å². The number of thioether (sulfide) groups is 1. The van der Waals surface area contributed by atoms with Crippen LogP contribution in [0.4, 0.5) is 24.5 Å². The number of amides is 2. The van der Waals surface area contributed by atoms with E-state index in [9.17, 15) is 22.8 Å². The van der Waals surface area contributed by atoms with Gasteiger partial charge in [0.1, 0.15) is 10.6 Å². The highest BCUT2D eigenvalue weighted by atomic mass is 35.5. The average Bonchev–Trinajstić information content (AvgIpc) is 3.01. The van der Waals surface area contributed by atoms with Gasteiger partial charge in [-0.1, -0.05) is 47.1 Å². The summed E-state index contributed by atoms with van der Waals surface area (Å²) in [6, 6.07) is 14.7. The van der Waals surface area contributed by atoms with Crippen molar-refractivity contribution in [1.82, 2.24) is 0 Å². The largest absolute Gasteiger partial charge is 0.416 e. The first kappa shape index (κ1) is 25.2. The van der Waals surface area contributed by atoms with E-state index in [1.54, 1.807) is 24.3 Å². The highest BCUT2D eigenvalue weighted by Gasteiger charge is 2.42. The van der Waals surface area contributed by atoms with Crippen molar-refractivity contribution in [2.75, 3.05) is 10.2 Å². The minimum atomic E-state index is -4.68. The summed E-state index contributed by atoms with van der Waals surface area (Å²) in [7, 11) is 0. The van der Waals surface area contributed by atoms with E-state index in [1.165, 1.54) is 0 Å². The lowest BCUT2D eigenvalue weighted by Crippen LogP contribution is -2.33. The van der Waals surface area contributed by atoms with Crippen LogP contribution in [0, 0.1) is 13.8 Å². The molecule has 3 aromatic rings. The fourth-order valence-electron chi connectivity index (χ4n) is 3.42. The maximum Gasteiger partial charge on any atom is 0.416 e. The van der Waals surface area contributed by atoms with Gasteiger partial charge < -0.3 is 5.32 Å². The van der Waals surface area contributed by atoms with Gasteiger partial charge in [0.2, 0.25) is 0 Å². The van der Waals surface area contributed by atoms with Crippen LogP contribution in [0.2, 0.25) is 10.0 Å². The van der Waals surface area contributed by atoms with E-state index in [0.717, 1.165) is 35.0 Å². The van der Waals surface area contributed by atoms with Crippen molar-refractivity contribution in [1.29, 1.82) is 0 Å². The Balaban J connectivity index is 1.81. The molecule has 0 aromatic heterocycles. The normalized spacial score (nSPS) is 14.2. The van der Waals surface area contributed by atoms with Crippen LogP contribution >= 0.6 is 35.0 Å². The smallest absolute Gasteiger partial charge is 0.350 e.